The number of hydrogen-bond acceptors (Lipinski definition) is 4. The summed E-state index contributed by atoms with van der Waals surface area (Å²) < 4.78 is 103. The van der Waals surface area contributed by atoms with Crippen molar-refractivity contribution in [3.8, 4) is 5.69 Å². The minimum absolute atomic E-state index is 0.0739. The number of carbonyl (C=O) groups excluding carboxylic acids is 1. The minimum Gasteiger partial charge on any atom is -0.322 e. The molecule has 176 valence electrons. The van der Waals surface area contributed by atoms with Gasteiger partial charge in [-0.3, -0.25) is 4.79 Å². The highest BCUT2D eigenvalue weighted by molar-refractivity contribution is 7.89. The van der Waals surface area contributed by atoms with Crippen LogP contribution in [0, 0.1) is 0 Å². The molecule has 0 aliphatic heterocycles. The highest BCUT2D eigenvalue weighted by Crippen LogP contribution is 2.34. The molecule has 2 N–H and O–H groups in total. The van der Waals surface area contributed by atoms with Crippen molar-refractivity contribution in [2.75, 3.05) is 11.9 Å². The quantitative estimate of drug-likeness (QED) is 0.509. The van der Waals surface area contributed by atoms with Crippen molar-refractivity contribution in [1.29, 1.82) is 0 Å². The van der Waals surface area contributed by atoms with Crippen LogP contribution in [0.1, 0.15) is 16.1 Å². The standard InChI is InChI=1S/C19H14F6N4O3S/c20-18(21,22)11-27-33(31,32)14-8-6-12(7-9-14)28-17(30)15-10-26-29(16(15)19(23,24)25)13-4-2-1-3-5-13/h1-10,27H,11H2,(H,28,30). The van der Waals surface area contributed by atoms with Crippen molar-refractivity contribution in [3.05, 3.63) is 72.1 Å². The monoisotopic (exact) mass is 492 g/mol. The first kappa shape index (κ1) is 24.3. The second kappa shape index (κ2) is 8.86. The van der Waals surface area contributed by atoms with E-state index in [1.807, 2.05) is 0 Å². The Morgan fingerprint density at radius 3 is 2.09 bits per heavy atom. The predicted molar refractivity (Wildman–Crippen MR) is 104 cm³/mol. The van der Waals surface area contributed by atoms with Gasteiger partial charge in [0, 0.05) is 5.69 Å². The van der Waals surface area contributed by atoms with Crippen LogP contribution in [0.25, 0.3) is 5.69 Å². The summed E-state index contributed by atoms with van der Waals surface area (Å²) in [5.41, 5.74) is -2.11. The summed E-state index contributed by atoms with van der Waals surface area (Å²) in [4.78, 5) is 12.0. The number of benzene rings is 2. The van der Waals surface area contributed by atoms with Gasteiger partial charge in [-0.1, -0.05) is 18.2 Å². The Kier molecular flexibility index (Phi) is 6.51. The Bertz CT molecular complexity index is 1240. The predicted octanol–water partition coefficient (Wildman–Crippen LogP) is 3.98. The van der Waals surface area contributed by atoms with Crippen LogP contribution in [0.15, 0.2) is 65.7 Å². The number of hydrogen-bond donors (Lipinski definition) is 2. The number of para-hydroxylation sites is 1. The Morgan fingerprint density at radius 2 is 1.55 bits per heavy atom. The number of aromatic nitrogens is 2. The van der Waals surface area contributed by atoms with Crippen LogP contribution in [0.5, 0.6) is 0 Å². The maximum Gasteiger partial charge on any atom is 0.434 e. The zero-order chi connectivity index (χ0) is 24.4. The molecule has 2 aromatic carbocycles. The van der Waals surface area contributed by atoms with Crippen molar-refractivity contribution in [1.82, 2.24) is 14.5 Å². The van der Waals surface area contributed by atoms with Crippen LogP contribution in [0.3, 0.4) is 0 Å². The van der Waals surface area contributed by atoms with E-state index in [-0.39, 0.29) is 11.4 Å². The van der Waals surface area contributed by atoms with Gasteiger partial charge in [0.15, 0.2) is 5.69 Å². The lowest BCUT2D eigenvalue weighted by molar-refractivity contribution is -0.143. The lowest BCUT2D eigenvalue weighted by Crippen LogP contribution is -2.33. The molecule has 14 heteroatoms. The number of carbonyl (C=O) groups is 1. The third kappa shape index (κ3) is 5.90. The van der Waals surface area contributed by atoms with Crippen LogP contribution < -0.4 is 10.0 Å². The summed E-state index contributed by atoms with van der Waals surface area (Å²) in [5.74, 6) is -1.17. The summed E-state index contributed by atoms with van der Waals surface area (Å²) in [6.07, 6.45) is -8.95. The lowest BCUT2D eigenvalue weighted by atomic mass is 10.2. The van der Waals surface area contributed by atoms with Gasteiger partial charge in [0.1, 0.15) is 6.54 Å². The minimum atomic E-state index is -4.93. The first-order valence-corrected chi connectivity index (χ1v) is 10.4. The lowest BCUT2D eigenvalue weighted by Gasteiger charge is -2.13. The number of anilines is 1. The number of amides is 1. The molecule has 3 aromatic rings. The number of alkyl halides is 6. The highest BCUT2D eigenvalue weighted by atomic mass is 32.2. The van der Waals surface area contributed by atoms with Gasteiger partial charge in [0.25, 0.3) is 5.91 Å². The number of nitrogens with one attached hydrogen (secondary N) is 2. The fraction of sp³-hybridized carbons (Fsp3) is 0.158. The third-order valence-electron chi connectivity index (χ3n) is 4.17. The van der Waals surface area contributed by atoms with Crippen LogP contribution >= 0.6 is 0 Å². The molecule has 0 bridgehead atoms. The zero-order valence-corrected chi connectivity index (χ0v) is 17.1. The molecular formula is C19H14F6N4O3S. The molecule has 0 atom stereocenters. The van der Waals surface area contributed by atoms with E-state index in [1.54, 1.807) is 6.07 Å². The topological polar surface area (TPSA) is 93.1 Å². The molecule has 0 spiro atoms. The number of nitrogens with zero attached hydrogens (tertiary/aromatic N) is 2. The van der Waals surface area contributed by atoms with Gasteiger partial charge in [0.05, 0.1) is 22.3 Å². The van der Waals surface area contributed by atoms with Gasteiger partial charge in [-0.15, -0.1) is 0 Å². The van der Waals surface area contributed by atoms with Gasteiger partial charge in [-0.05, 0) is 36.4 Å². The average molecular weight is 492 g/mol. The van der Waals surface area contributed by atoms with Gasteiger partial charge in [-0.2, -0.15) is 31.4 Å². The second-order valence-electron chi connectivity index (χ2n) is 6.57. The Morgan fingerprint density at radius 1 is 0.939 bits per heavy atom. The van der Waals surface area contributed by atoms with E-state index in [4.69, 9.17) is 0 Å². The first-order valence-electron chi connectivity index (χ1n) is 8.96. The molecule has 1 heterocycles. The number of sulfonamides is 1. The molecule has 3 rings (SSSR count). The fourth-order valence-electron chi connectivity index (χ4n) is 2.73. The van der Waals surface area contributed by atoms with Gasteiger partial charge in [0.2, 0.25) is 10.0 Å². The van der Waals surface area contributed by atoms with E-state index in [0.717, 1.165) is 30.5 Å². The third-order valence-corrected chi connectivity index (χ3v) is 5.59. The average Bonchev–Trinajstić information content (AvgIpc) is 3.19. The van der Waals surface area contributed by atoms with Crippen LogP contribution in [-0.2, 0) is 16.2 Å². The van der Waals surface area contributed by atoms with Crippen molar-refractivity contribution in [3.63, 3.8) is 0 Å². The van der Waals surface area contributed by atoms with Gasteiger partial charge < -0.3 is 5.32 Å². The molecule has 0 unspecified atom stereocenters. The number of halogens is 6. The summed E-state index contributed by atoms with van der Waals surface area (Å²) >= 11 is 0. The Labute approximate surface area is 183 Å². The molecular weight excluding hydrogens is 478 g/mol. The Hall–Kier alpha value is -3.39. The van der Waals surface area contributed by atoms with E-state index in [1.165, 1.54) is 29.0 Å². The van der Waals surface area contributed by atoms with Crippen molar-refractivity contribution in [2.24, 2.45) is 0 Å². The van der Waals surface area contributed by atoms with E-state index < -0.39 is 51.0 Å². The molecule has 1 amide bonds. The van der Waals surface area contributed by atoms with E-state index >= 15 is 0 Å². The van der Waals surface area contributed by atoms with E-state index in [9.17, 15) is 39.6 Å². The summed E-state index contributed by atoms with van der Waals surface area (Å²) in [7, 11) is -4.49. The molecule has 33 heavy (non-hydrogen) atoms. The highest BCUT2D eigenvalue weighted by Gasteiger charge is 2.40. The molecule has 1 aromatic heterocycles. The largest absolute Gasteiger partial charge is 0.434 e. The maximum absolute atomic E-state index is 13.7. The maximum atomic E-state index is 13.7. The van der Waals surface area contributed by atoms with Gasteiger partial charge >= 0.3 is 12.4 Å². The molecule has 0 aliphatic carbocycles. The summed E-state index contributed by atoms with van der Waals surface area (Å²) in [6, 6.07) is 11.2. The molecule has 0 radical (unpaired) electrons. The Balaban J connectivity index is 1.83. The van der Waals surface area contributed by atoms with Crippen LogP contribution in [-0.4, -0.2) is 36.8 Å². The van der Waals surface area contributed by atoms with Crippen LogP contribution in [0.4, 0.5) is 32.0 Å². The molecule has 0 aliphatic rings. The van der Waals surface area contributed by atoms with Crippen molar-refractivity contribution in [2.45, 2.75) is 17.2 Å². The fourth-order valence-corrected chi connectivity index (χ4v) is 3.74. The molecule has 0 fully saturated rings. The van der Waals surface area contributed by atoms with E-state index in [0.29, 0.717) is 4.68 Å². The molecule has 0 saturated heterocycles. The van der Waals surface area contributed by atoms with Gasteiger partial charge in [-0.25, -0.2) is 17.8 Å². The SMILES string of the molecule is O=C(Nc1ccc(S(=O)(=O)NCC(F)(F)F)cc1)c1cnn(-c2ccccc2)c1C(F)(F)F. The molecule has 0 saturated carbocycles. The zero-order valence-electron chi connectivity index (χ0n) is 16.3. The normalized spacial score (nSPS) is 12.5. The first-order chi connectivity index (χ1) is 15.3. The number of rotatable bonds is 6. The van der Waals surface area contributed by atoms with E-state index in [2.05, 4.69) is 10.4 Å². The summed E-state index contributed by atoms with van der Waals surface area (Å²) in [5, 5.41) is 5.84. The van der Waals surface area contributed by atoms with Crippen LogP contribution in [0.2, 0.25) is 0 Å². The molecule has 7 nitrogen and oxygen atoms in total. The van der Waals surface area contributed by atoms with Crippen molar-refractivity contribution < 1.29 is 39.6 Å². The smallest absolute Gasteiger partial charge is 0.322 e. The summed E-state index contributed by atoms with van der Waals surface area (Å²) in [6.45, 7) is -1.78. The van der Waals surface area contributed by atoms with Crippen molar-refractivity contribution >= 4 is 21.6 Å². The second-order valence-corrected chi connectivity index (χ2v) is 8.34.